The predicted octanol–water partition coefficient (Wildman–Crippen LogP) is 4.55. The molecule has 0 aromatic heterocycles. The normalized spacial score (nSPS) is 18.2. The summed E-state index contributed by atoms with van der Waals surface area (Å²) in [6, 6.07) is 18.3. The summed E-state index contributed by atoms with van der Waals surface area (Å²) in [6.07, 6.45) is 1.32. The number of rotatable bonds is 6. The lowest BCUT2D eigenvalue weighted by Crippen LogP contribution is -2.48. The van der Waals surface area contributed by atoms with Gasteiger partial charge in [-0.25, -0.2) is 9.18 Å². The van der Waals surface area contributed by atoms with Crippen LogP contribution in [0.15, 0.2) is 78.5 Å². The summed E-state index contributed by atoms with van der Waals surface area (Å²) in [7, 11) is -4.00. The summed E-state index contributed by atoms with van der Waals surface area (Å²) in [6.45, 7) is 3.61. The second kappa shape index (κ2) is 9.33. The van der Waals surface area contributed by atoms with Crippen molar-refractivity contribution in [2.24, 2.45) is 0 Å². The van der Waals surface area contributed by atoms with Crippen LogP contribution in [0.25, 0.3) is 10.8 Å². The Morgan fingerprint density at radius 1 is 1.00 bits per heavy atom. The van der Waals surface area contributed by atoms with Gasteiger partial charge in [-0.15, -0.1) is 0 Å². The van der Waals surface area contributed by atoms with Crippen LogP contribution in [0.1, 0.15) is 31.0 Å². The summed E-state index contributed by atoms with van der Waals surface area (Å²) >= 11 is 0. The van der Waals surface area contributed by atoms with Crippen LogP contribution >= 0.6 is 0 Å². The molecular formula is C25H25FN2O4S. The molecule has 3 aromatic rings. The highest BCUT2D eigenvalue weighted by Crippen LogP contribution is 2.38. The molecule has 8 heteroatoms. The monoisotopic (exact) mass is 468 g/mol. The van der Waals surface area contributed by atoms with Crippen molar-refractivity contribution in [2.75, 3.05) is 13.2 Å². The maximum absolute atomic E-state index is 13.7. The van der Waals surface area contributed by atoms with E-state index in [-0.39, 0.29) is 25.3 Å². The fraction of sp³-hybridized carbons (Fsp3) is 0.240. The summed E-state index contributed by atoms with van der Waals surface area (Å²) in [5.74, 6) is -1.05. The second-order valence-electron chi connectivity index (χ2n) is 7.70. The van der Waals surface area contributed by atoms with Crippen molar-refractivity contribution in [3.8, 4) is 0 Å². The fourth-order valence-electron chi connectivity index (χ4n) is 4.11. The smallest absolute Gasteiger partial charge is 0.337 e. The van der Waals surface area contributed by atoms with E-state index in [2.05, 4.69) is 0 Å². The molecule has 0 saturated heterocycles. The number of carbonyl (C=O) groups is 1. The van der Waals surface area contributed by atoms with Crippen molar-refractivity contribution in [1.29, 1.82) is 0 Å². The van der Waals surface area contributed by atoms with E-state index in [4.69, 9.17) is 4.74 Å². The number of esters is 1. The third-order valence-electron chi connectivity index (χ3n) is 5.60. The molecule has 1 heterocycles. The molecule has 4 rings (SSSR count). The maximum atomic E-state index is 13.7. The first kappa shape index (κ1) is 22.9. The topological polar surface area (TPSA) is 66.9 Å². The van der Waals surface area contributed by atoms with Crippen LogP contribution < -0.4 is 0 Å². The molecule has 1 aliphatic heterocycles. The van der Waals surface area contributed by atoms with Gasteiger partial charge in [0.1, 0.15) is 5.82 Å². The lowest BCUT2D eigenvalue weighted by atomic mass is 9.96. The zero-order valence-corrected chi connectivity index (χ0v) is 19.3. The van der Waals surface area contributed by atoms with E-state index in [1.165, 1.54) is 28.7 Å². The lowest BCUT2D eigenvalue weighted by Gasteiger charge is -2.39. The summed E-state index contributed by atoms with van der Waals surface area (Å²) in [5, 5.41) is 1.95. The molecule has 1 aliphatic rings. The van der Waals surface area contributed by atoms with Crippen LogP contribution in [0, 0.1) is 5.82 Å². The third-order valence-corrected chi connectivity index (χ3v) is 7.49. The summed E-state index contributed by atoms with van der Waals surface area (Å²) in [5.41, 5.74) is 1.35. The molecule has 0 bridgehead atoms. The predicted molar refractivity (Wildman–Crippen MR) is 125 cm³/mol. The molecule has 33 heavy (non-hydrogen) atoms. The number of benzene rings is 3. The first-order valence-corrected chi connectivity index (χ1v) is 12.2. The number of halogens is 1. The molecule has 6 nitrogen and oxygen atoms in total. The minimum absolute atomic E-state index is 0.107. The van der Waals surface area contributed by atoms with Crippen molar-refractivity contribution in [3.63, 3.8) is 0 Å². The van der Waals surface area contributed by atoms with Gasteiger partial charge in [-0.05, 0) is 47.0 Å². The van der Waals surface area contributed by atoms with Crippen molar-refractivity contribution in [1.82, 2.24) is 8.61 Å². The zero-order valence-electron chi connectivity index (χ0n) is 18.4. The van der Waals surface area contributed by atoms with Crippen LogP contribution in [0.5, 0.6) is 0 Å². The molecule has 3 aromatic carbocycles. The van der Waals surface area contributed by atoms with E-state index in [9.17, 15) is 17.6 Å². The number of hydrogen-bond acceptors (Lipinski definition) is 4. The standard InChI is InChI=1S/C25H25FN2O4S/c1-3-28-24(21-13-12-19-9-5-6-10-20(19)15-21)23(25(29)32-4-2)17-27(33(28,30)31)16-18-8-7-11-22(26)14-18/h5-15,17,24H,3-4,16H2,1-2H3. The first-order chi connectivity index (χ1) is 15.8. The number of hydrogen-bond donors (Lipinski definition) is 0. The van der Waals surface area contributed by atoms with E-state index in [1.807, 2.05) is 42.5 Å². The average Bonchev–Trinajstić information content (AvgIpc) is 2.79. The van der Waals surface area contributed by atoms with Crippen LogP contribution in [-0.4, -0.2) is 36.1 Å². The van der Waals surface area contributed by atoms with Crippen molar-refractivity contribution < 1.29 is 22.3 Å². The lowest BCUT2D eigenvalue weighted by molar-refractivity contribution is -0.139. The van der Waals surface area contributed by atoms with E-state index in [1.54, 1.807) is 19.9 Å². The van der Waals surface area contributed by atoms with Gasteiger partial charge in [-0.3, -0.25) is 4.31 Å². The van der Waals surface area contributed by atoms with Gasteiger partial charge in [-0.2, -0.15) is 12.7 Å². The molecule has 0 N–H and O–H groups in total. The van der Waals surface area contributed by atoms with Gasteiger partial charge in [-0.1, -0.05) is 55.5 Å². The van der Waals surface area contributed by atoms with Gasteiger partial charge in [0, 0.05) is 12.7 Å². The van der Waals surface area contributed by atoms with Crippen molar-refractivity contribution in [3.05, 3.63) is 95.4 Å². The molecule has 0 amide bonds. The zero-order chi connectivity index (χ0) is 23.6. The molecule has 0 spiro atoms. The Bertz CT molecular complexity index is 1320. The molecule has 0 radical (unpaired) electrons. The van der Waals surface area contributed by atoms with Crippen LogP contribution in [-0.2, 0) is 26.3 Å². The van der Waals surface area contributed by atoms with Crippen LogP contribution in [0.2, 0.25) is 0 Å². The highest BCUT2D eigenvalue weighted by atomic mass is 32.2. The van der Waals surface area contributed by atoms with Gasteiger partial charge in [0.2, 0.25) is 0 Å². The number of likely N-dealkylation sites (N-methyl/N-ethyl adjacent to an activating group) is 1. The SMILES string of the molecule is CCOC(=O)C1=CN(Cc2cccc(F)c2)S(=O)(=O)N(CC)C1c1ccc2ccccc2c1. The van der Waals surface area contributed by atoms with Gasteiger partial charge in [0.15, 0.2) is 0 Å². The number of nitrogens with zero attached hydrogens (tertiary/aromatic N) is 2. The van der Waals surface area contributed by atoms with Gasteiger partial charge < -0.3 is 4.74 Å². The van der Waals surface area contributed by atoms with E-state index in [0.717, 1.165) is 15.1 Å². The molecular weight excluding hydrogens is 443 g/mol. The largest absolute Gasteiger partial charge is 0.463 e. The van der Waals surface area contributed by atoms with E-state index in [0.29, 0.717) is 11.1 Å². The molecule has 172 valence electrons. The van der Waals surface area contributed by atoms with Gasteiger partial charge in [0.05, 0.1) is 24.8 Å². The molecule has 0 aliphatic carbocycles. The van der Waals surface area contributed by atoms with Gasteiger partial charge >= 0.3 is 16.2 Å². The third kappa shape index (κ3) is 4.49. The Labute approximate surface area is 193 Å². The Morgan fingerprint density at radius 2 is 1.76 bits per heavy atom. The van der Waals surface area contributed by atoms with Gasteiger partial charge in [0.25, 0.3) is 0 Å². The molecule has 1 atom stereocenters. The highest BCUT2D eigenvalue weighted by Gasteiger charge is 2.43. The minimum atomic E-state index is -4.00. The molecule has 1 unspecified atom stereocenters. The van der Waals surface area contributed by atoms with E-state index < -0.39 is 28.0 Å². The molecule has 0 saturated carbocycles. The summed E-state index contributed by atoms with van der Waals surface area (Å²) in [4.78, 5) is 13.0. The van der Waals surface area contributed by atoms with E-state index >= 15 is 0 Å². The van der Waals surface area contributed by atoms with Crippen LogP contribution in [0.4, 0.5) is 4.39 Å². The Morgan fingerprint density at radius 3 is 2.45 bits per heavy atom. The number of ether oxygens (including phenoxy) is 1. The van der Waals surface area contributed by atoms with Crippen LogP contribution in [0.3, 0.4) is 0 Å². The minimum Gasteiger partial charge on any atom is -0.463 e. The molecule has 0 fully saturated rings. The van der Waals surface area contributed by atoms with Crippen molar-refractivity contribution in [2.45, 2.75) is 26.4 Å². The highest BCUT2D eigenvalue weighted by molar-refractivity contribution is 7.86. The van der Waals surface area contributed by atoms with Crippen molar-refractivity contribution >= 4 is 27.0 Å². The fourth-order valence-corrected chi connectivity index (χ4v) is 5.76. The second-order valence-corrected chi connectivity index (χ2v) is 9.53. The Kier molecular flexibility index (Phi) is 6.49. The maximum Gasteiger partial charge on any atom is 0.337 e. The Balaban J connectivity index is 1.85. The quantitative estimate of drug-likeness (QED) is 0.498. The Hall–Kier alpha value is -3.23. The first-order valence-electron chi connectivity index (χ1n) is 10.8. The summed E-state index contributed by atoms with van der Waals surface area (Å²) < 4.78 is 48.5. The average molecular weight is 469 g/mol. The number of carbonyl (C=O) groups excluding carboxylic acids is 1. The number of fused-ring (bicyclic) bond motifs is 1.